The minimum Gasteiger partial charge on any atom is -0.396 e. The summed E-state index contributed by atoms with van der Waals surface area (Å²) in [6, 6.07) is 0. The lowest BCUT2D eigenvalue weighted by molar-refractivity contribution is -0.376. The molecule has 13 N–H and O–H groups in total. The lowest BCUT2D eigenvalue weighted by Gasteiger charge is -2.70. The molecule has 8 aliphatic rings. The molecule has 5 aliphatic carbocycles. The minimum absolute atomic E-state index is 0.0246. The Bertz CT molecular complexity index is 1830. The molecule has 19 nitrogen and oxygen atoms in total. The fourth-order valence-corrected chi connectivity index (χ4v) is 14.5. The monoisotopic (exact) mass is 959 g/mol. The number of aliphatic hydroxyl groups is 13. The van der Waals surface area contributed by atoms with Gasteiger partial charge in [0.05, 0.1) is 45.2 Å². The maximum atomic E-state index is 12.1. The van der Waals surface area contributed by atoms with Gasteiger partial charge in [-0.2, -0.15) is 0 Å². The van der Waals surface area contributed by atoms with Crippen LogP contribution in [0.15, 0.2) is 23.3 Å². The van der Waals surface area contributed by atoms with E-state index in [1.807, 2.05) is 6.92 Å². The first-order valence-electron chi connectivity index (χ1n) is 24.3. The summed E-state index contributed by atoms with van der Waals surface area (Å²) in [5.74, 6) is -0.0749. The van der Waals surface area contributed by atoms with Crippen molar-refractivity contribution in [1.82, 2.24) is 0 Å². The van der Waals surface area contributed by atoms with Crippen LogP contribution in [0.5, 0.6) is 0 Å². The van der Waals surface area contributed by atoms with Gasteiger partial charge < -0.3 is 94.8 Å². The van der Waals surface area contributed by atoms with Crippen LogP contribution in [0.3, 0.4) is 0 Å². The van der Waals surface area contributed by atoms with Crippen LogP contribution in [0, 0.1) is 44.3 Å². The standard InChI is InChI=1S/C48H78O19/c1-43(2)13-14-48(21-52)23(15-43)22-7-8-28-44(3)11-10-30(45(4,20-51)27(44)9-12-46(28,5)47(22,6)16-29(48)53)66-41-38(61)35(58)39(67-42-37(60)34(57)32(55)25(18-50)64-42)26(65-41)19-62-40-36(59)33(56)31(54)24(17-49)63-40/h7-8,24-42,49-61H,9-21H2,1-6H3/t24-,25-,26+,27-,28+,29+,30-,31+,32-,33+,34+,35+,36+,37+,38+,39+,40-,41-,42+,44-,45-,46-,47-,48+/m1/s1. The van der Waals surface area contributed by atoms with E-state index >= 15 is 0 Å². The largest absolute Gasteiger partial charge is 0.396 e. The highest BCUT2D eigenvalue weighted by atomic mass is 16.8. The summed E-state index contributed by atoms with van der Waals surface area (Å²) >= 11 is 0. The number of fused-ring (bicyclic) bond motifs is 6. The van der Waals surface area contributed by atoms with E-state index in [-0.39, 0.29) is 41.3 Å². The maximum absolute atomic E-state index is 12.1. The predicted molar refractivity (Wildman–Crippen MR) is 233 cm³/mol. The number of aliphatic hydroxyl groups excluding tert-OH is 13. The predicted octanol–water partition coefficient (Wildman–Crippen LogP) is -1.52. The van der Waals surface area contributed by atoms with E-state index in [0.29, 0.717) is 25.7 Å². The van der Waals surface area contributed by atoms with Crippen LogP contribution >= 0.6 is 0 Å². The van der Waals surface area contributed by atoms with Crippen LogP contribution in [0.1, 0.15) is 92.9 Å². The van der Waals surface area contributed by atoms with Gasteiger partial charge in [-0.15, -0.1) is 0 Å². The second-order valence-electron chi connectivity index (χ2n) is 23.1. The lowest BCUT2D eigenvalue weighted by Crippen LogP contribution is -2.67. The van der Waals surface area contributed by atoms with Gasteiger partial charge in [-0.25, -0.2) is 0 Å². The van der Waals surface area contributed by atoms with E-state index in [1.165, 1.54) is 11.1 Å². The number of ether oxygens (including phenoxy) is 6. The summed E-state index contributed by atoms with van der Waals surface area (Å²) in [6.07, 6.45) is -16.5. The van der Waals surface area contributed by atoms with Crippen molar-refractivity contribution in [3.63, 3.8) is 0 Å². The normalized spacial score (nSPS) is 54.2. The highest BCUT2D eigenvalue weighted by Gasteiger charge is 2.69. The minimum atomic E-state index is -1.90. The van der Waals surface area contributed by atoms with Crippen LogP contribution < -0.4 is 0 Å². The number of allylic oxidation sites excluding steroid dienone is 3. The van der Waals surface area contributed by atoms with Gasteiger partial charge in [0.25, 0.3) is 0 Å². The zero-order chi connectivity index (χ0) is 49.0. The summed E-state index contributed by atoms with van der Waals surface area (Å²) in [4.78, 5) is 0. The van der Waals surface area contributed by atoms with Crippen LogP contribution in [0.25, 0.3) is 0 Å². The van der Waals surface area contributed by atoms with Crippen LogP contribution in [-0.2, 0) is 28.4 Å². The molecule has 0 aromatic heterocycles. The number of hydrogen-bond donors (Lipinski definition) is 13. The van der Waals surface area contributed by atoms with E-state index in [2.05, 4.69) is 46.8 Å². The molecule has 0 unspecified atom stereocenters. The Labute approximate surface area is 391 Å². The van der Waals surface area contributed by atoms with Gasteiger partial charge >= 0.3 is 0 Å². The van der Waals surface area contributed by atoms with Gasteiger partial charge in [-0.3, -0.25) is 0 Å². The maximum Gasteiger partial charge on any atom is 0.187 e. The average Bonchev–Trinajstić information content (AvgIpc) is 3.29. The first kappa shape index (κ1) is 52.1. The van der Waals surface area contributed by atoms with E-state index in [1.54, 1.807) is 0 Å². The smallest absolute Gasteiger partial charge is 0.187 e. The van der Waals surface area contributed by atoms with Crippen molar-refractivity contribution < 1.29 is 94.8 Å². The Morgan fingerprint density at radius 3 is 1.81 bits per heavy atom. The van der Waals surface area contributed by atoms with Gasteiger partial charge in [0.2, 0.25) is 0 Å². The van der Waals surface area contributed by atoms with E-state index < -0.39 is 140 Å². The molecule has 3 aliphatic heterocycles. The quantitative estimate of drug-likeness (QED) is 0.105. The first-order chi connectivity index (χ1) is 31.4. The second-order valence-corrected chi connectivity index (χ2v) is 23.1. The zero-order valence-corrected chi connectivity index (χ0v) is 39.6. The molecule has 0 amide bonds. The second kappa shape index (κ2) is 18.6. The fraction of sp³-hybridized carbons (Fsp3) is 0.917. The van der Waals surface area contributed by atoms with Gasteiger partial charge in [0.1, 0.15) is 73.2 Å². The molecule has 3 heterocycles. The molecule has 0 aromatic carbocycles. The van der Waals surface area contributed by atoms with Gasteiger partial charge in [-0.05, 0) is 85.0 Å². The van der Waals surface area contributed by atoms with Crippen molar-refractivity contribution in [2.45, 2.75) is 197 Å². The van der Waals surface area contributed by atoms with Crippen molar-refractivity contribution in [3.05, 3.63) is 23.3 Å². The molecule has 384 valence electrons. The molecule has 0 radical (unpaired) electrons. The third-order valence-corrected chi connectivity index (χ3v) is 19.0. The van der Waals surface area contributed by atoms with Gasteiger partial charge in [-0.1, -0.05) is 59.3 Å². The van der Waals surface area contributed by atoms with Crippen molar-refractivity contribution in [2.75, 3.05) is 33.0 Å². The summed E-state index contributed by atoms with van der Waals surface area (Å²) in [5, 5.41) is 141. The molecule has 24 atom stereocenters. The molecule has 3 saturated carbocycles. The number of hydrogen-bond acceptors (Lipinski definition) is 19. The topological polar surface area (TPSA) is 318 Å². The fourth-order valence-electron chi connectivity index (χ4n) is 14.5. The molecule has 8 rings (SSSR count). The zero-order valence-electron chi connectivity index (χ0n) is 39.6. The lowest BCUT2D eigenvalue weighted by atomic mass is 9.35. The first-order valence-corrected chi connectivity index (χ1v) is 24.3. The van der Waals surface area contributed by atoms with Crippen LogP contribution in [-0.4, -0.2) is 204 Å². The Kier molecular flexibility index (Phi) is 14.5. The summed E-state index contributed by atoms with van der Waals surface area (Å²) in [6.45, 7) is 10.9. The highest BCUT2D eigenvalue weighted by molar-refractivity contribution is 5.47. The highest BCUT2D eigenvalue weighted by Crippen LogP contribution is 2.74. The SMILES string of the molecule is CC1(C)CC[C@]2(CO)C(=C3C=C[C@H]4[C@]5(C)CC[C@@H](O[C@H]6O[C@@H](CO[C@@H]7O[C@H](CO)[C@H](O)[C@H](O)[C@@H]7O)[C@H](O[C@@H]7O[C@H](CO)[C@@H](O)[C@H](O)[C@@H]7O)[C@@H](O)[C@@H]6O)[C@](C)(CO)[C@@H]5CC[C@@]4(C)[C@]3(C)C[C@@H]2O)C1. The van der Waals surface area contributed by atoms with E-state index in [4.69, 9.17) is 28.4 Å². The molecule has 0 spiro atoms. The van der Waals surface area contributed by atoms with E-state index in [0.717, 1.165) is 25.7 Å². The molecule has 3 saturated heterocycles. The van der Waals surface area contributed by atoms with Crippen molar-refractivity contribution in [1.29, 1.82) is 0 Å². The van der Waals surface area contributed by atoms with Crippen LogP contribution in [0.4, 0.5) is 0 Å². The van der Waals surface area contributed by atoms with Crippen LogP contribution in [0.2, 0.25) is 0 Å². The molecule has 19 heteroatoms. The molecule has 0 aromatic rings. The Balaban J connectivity index is 1.06. The van der Waals surface area contributed by atoms with Crippen molar-refractivity contribution >= 4 is 0 Å². The Morgan fingerprint density at radius 2 is 1.19 bits per heavy atom. The Hall–Kier alpha value is -1.28. The Morgan fingerprint density at radius 1 is 0.612 bits per heavy atom. The average molecular weight is 959 g/mol. The molecule has 0 bridgehead atoms. The molecular formula is C48H78O19. The summed E-state index contributed by atoms with van der Waals surface area (Å²) in [7, 11) is 0. The number of rotatable bonds is 11. The summed E-state index contributed by atoms with van der Waals surface area (Å²) < 4.78 is 35.8. The third kappa shape index (κ3) is 8.15. The molecule has 67 heavy (non-hydrogen) atoms. The van der Waals surface area contributed by atoms with Gasteiger partial charge in [0.15, 0.2) is 18.9 Å². The van der Waals surface area contributed by atoms with Crippen molar-refractivity contribution in [2.24, 2.45) is 44.3 Å². The van der Waals surface area contributed by atoms with Crippen molar-refractivity contribution in [3.8, 4) is 0 Å². The summed E-state index contributed by atoms with van der Waals surface area (Å²) in [5.41, 5.74) is -0.186. The third-order valence-electron chi connectivity index (χ3n) is 19.0. The van der Waals surface area contributed by atoms with Gasteiger partial charge in [0, 0.05) is 16.2 Å². The molecule has 6 fully saturated rings. The molecular weight excluding hydrogens is 881 g/mol. The van der Waals surface area contributed by atoms with E-state index in [9.17, 15) is 66.4 Å².